The first kappa shape index (κ1) is 19.0. The van der Waals surface area contributed by atoms with E-state index in [-0.39, 0.29) is 36.1 Å². The van der Waals surface area contributed by atoms with Gasteiger partial charge < -0.3 is 14.5 Å². The van der Waals surface area contributed by atoms with Gasteiger partial charge in [0.2, 0.25) is 15.9 Å². The Morgan fingerprint density at radius 2 is 2.04 bits per heavy atom. The number of hydrogen-bond acceptors (Lipinski definition) is 7. The molecule has 0 spiro atoms. The van der Waals surface area contributed by atoms with Crippen LogP contribution in [-0.4, -0.2) is 66.0 Å². The van der Waals surface area contributed by atoms with Crippen LogP contribution in [0.5, 0.6) is 0 Å². The number of carbonyl (C=O) groups excluding carboxylic acids is 1. The largest absolute Gasteiger partial charge is 0.395 e. The minimum absolute atomic E-state index is 0.0156. The molecule has 1 amide bonds. The lowest BCUT2D eigenvalue weighted by Gasteiger charge is -2.18. The van der Waals surface area contributed by atoms with E-state index in [1.165, 1.54) is 36.2 Å². The molecule has 1 aromatic heterocycles. The van der Waals surface area contributed by atoms with Crippen LogP contribution in [0.1, 0.15) is 22.1 Å². The fourth-order valence-corrected chi connectivity index (χ4v) is 3.35. The molecule has 0 aliphatic rings. The summed E-state index contributed by atoms with van der Waals surface area (Å²) < 4.78 is 30.7. The SMILES string of the molecule is Cc1nc(CN(C)C(=O)c2cccc(S(=O)(=O)N(C)CCO)c2)no1. The van der Waals surface area contributed by atoms with Gasteiger partial charge in [-0.2, -0.15) is 9.29 Å². The van der Waals surface area contributed by atoms with E-state index in [1.807, 2.05) is 0 Å². The fraction of sp³-hybridized carbons (Fsp3) is 0.400. The van der Waals surface area contributed by atoms with Crippen molar-refractivity contribution in [1.29, 1.82) is 0 Å². The second-order valence-electron chi connectivity index (χ2n) is 5.47. The third-order valence-electron chi connectivity index (χ3n) is 3.50. The van der Waals surface area contributed by atoms with Gasteiger partial charge in [0.1, 0.15) is 0 Å². The molecule has 10 heteroatoms. The minimum Gasteiger partial charge on any atom is -0.395 e. The number of hydrogen-bond donors (Lipinski definition) is 1. The summed E-state index contributed by atoms with van der Waals surface area (Å²) in [6.45, 7) is 1.46. The molecule has 2 rings (SSSR count). The van der Waals surface area contributed by atoms with Crippen molar-refractivity contribution in [2.24, 2.45) is 0 Å². The normalized spacial score (nSPS) is 11.7. The van der Waals surface area contributed by atoms with E-state index in [9.17, 15) is 13.2 Å². The number of aryl methyl sites for hydroxylation is 1. The molecule has 136 valence electrons. The van der Waals surface area contributed by atoms with Crippen molar-refractivity contribution in [3.05, 3.63) is 41.5 Å². The van der Waals surface area contributed by atoms with Crippen molar-refractivity contribution in [2.45, 2.75) is 18.4 Å². The van der Waals surface area contributed by atoms with Crippen LogP contribution in [0.15, 0.2) is 33.7 Å². The summed E-state index contributed by atoms with van der Waals surface area (Å²) in [6.07, 6.45) is 0. The van der Waals surface area contributed by atoms with Gasteiger partial charge in [0, 0.05) is 33.1 Å². The first-order chi connectivity index (χ1) is 11.8. The summed E-state index contributed by atoms with van der Waals surface area (Å²) in [7, 11) is -0.847. The lowest BCUT2D eigenvalue weighted by Crippen LogP contribution is -2.30. The molecular weight excluding hydrogens is 348 g/mol. The van der Waals surface area contributed by atoms with Crippen molar-refractivity contribution in [1.82, 2.24) is 19.3 Å². The highest BCUT2D eigenvalue weighted by Crippen LogP contribution is 2.17. The van der Waals surface area contributed by atoms with Crippen LogP contribution in [0.4, 0.5) is 0 Å². The lowest BCUT2D eigenvalue weighted by molar-refractivity contribution is 0.0780. The number of sulfonamides is 1. The van der Waals surface area contributed by atoms with Crippen LogP contribution < -0.4 is 0 Å². The molecule has 0 radical (unpaired) electrons. The number of aliphatic hydroxyl groups is 1. The molecule has 25 heavy (non-hydrogen) atoms. The Hall–Kier alpha value is -2.30. The standard InChI is InChI=1S/C15H20N4O5S/c1-11-16-14(17-24-11)10-18(2)15(21)12-5-4-6-13(9-12)25(22,23)19(3)7-8-20/h4-6,9,20H,7-8,10H2,1-3H3. The van der Waals surface area contributed by atoms with Gasteiger partial charge in [0.15, 0.2) is 5.82 Å². The van der Waals surface area contributed by atoms with Gasteiger partial charge in [-0.05, 0) is 18.2 Å². The Bertz CT molecular complexity index is 849. The maximum absolute atomic E-state index is 12.5. The van der Waals surface area contributed by atoms with Crippen molar-refractivity contribution in [3.8, 4) is 0 Å². The smallest absolute Gasteiger partial charge is 0.254 e. The topological polar surface area (TPSA) is 117 Å². The molecule has 2 aromatic rings. The number of likely N-dealkylation sites (N-methyl/N-ethyl adjacent to an activating group) is 1. The van der Waals surface area contributed by atoms with Crippen molar-refractivity contribution < 1.29 is 22.8 Å². The molecule has 1 N–H and O–H groups in total. The summed E-state index contributed by atoms with van der Waals surface area (Å²) >= 11 is 0. The van der Waals surface area contributed by atoms with Crippen LogP contribution in [0.25, 0.3) is 0 Å². The molecule has 0 aliphatic heterocycles. The third-order valence-corrected chi connectivity index (χ3v) is 5.35. The van der Waals surface area contributed by atoms with E-state index in [4.69, 9.17) is 9.63 Å². The Morgan fingerprint density at radius 1 is 1.32 bits per heavy atom. The van der Waals surface area contributed by atoms with Gasteiger partial charge in [0.25, 0.3) is 5.91 Å². The molecule has 0 saturated heterocycles. The van der Waals surface area contributed by atoms with Gasteiger partial charge in [-0.1, -0.05) is 11.2 Å². The lowest BCUT2D eigenvalue weighted by atomic mass is 10.2. The van der Waals surface area contributed by atoms with Crippen LogP contribution in [-0.2, 0) is 16.6 Å². The predicted octanol–water partition coefficient (Wildman–Crippen LogP) is 0.263. The summed E-state index contributed by atoms with van der Waals surface area (Å²) in [4.78, 5) is 17.9. The van der Waals surface area contributed by atoms with E-state index in [2.05, 4.69) is 10.1 Å². The summed E-state index contributed by atoms with van der Waals surface area (Å²) in [6, 6.07) is 5.75. The quantitative estimate of drug-likeness (QED) is 0.745. The number of aromatic nitrogens is 2. The molecule has 0 saturated carbocycles. The molecule has 0 aliphatic carbocycles. The number of aliphatic hydroxyl groups excluding tert-OH is 1. The average molecular weight is 368 g/mol. The van der Waals surface area contributed by atoms with Crippen LogP contribution in [0.3, 0.4) is 0 Å². The van der Waals surface area contributed by atoms with Gasteiger partial charge in [0.05, 0.1) is 18.0 Å². The summed E-state index contributed by atoms with van der Waals surface area (Å²) in [5.74, 6) is 0.389. The molecule has 1 aromatic carbocycles. The number of nitrogens with zero attached hydrogens (tertiary/aromatic N) is 4. The summed E-state index contributed by atoms with van der Waals surface area (Å²) in [5.41, 5.74) is 0.223. The Labute approximate surface area is 145 Å². The second-order valence-corrected chi connectivity index (χ2v) is 7.51. The Kier molecular flexibility index (Phi) is 5.88. The van der Waals surface area contributed by atoms with E-state index in [0.29, 0.717) is 11.7 Å². The maximum atomic E-state index is 12.5. The fourth-order valence-electron chi connectivity index (χ4n) is 2.14. The van der Waals surface area contributed by atoms with Crippen molar-refractivity contribution in [3.63, 3.8) is 0 Å². The monoisotopic (exact) mass is 368 g/mol. The Balaban J connectivity index is 2.21. The van der Waals surface area contributed by atoms with E-state index < -0.39 is 10.0 Å². The van der Waals surface area contributed by atoms with Gasteiger partial charge in [-0.3, -0.25) is 4.79 Å². The first-order valence-corrected chi connectivity index (χ1v) is 8.91. The number of carbonyl (C=O) groups is 1. The van der Waals surface area contributed by atoms with Gasteiger partial charge >= 0.3 is 0 Å². The first-order valence-electron chi connectivity index (χ1n) is 7.47. The van der Waals surface area contributed by atoms with Crippen LogP contribution in [0, 0.1) is 6.92 Å². The maximum Gasteiger partial charge on any atom is 0.254 e. The third kappa shape index (κ3) is 4.41. The summed E-state index contributed by atoms with van der Waals surface area (Å²) in [5, 5.41) is 12.6. The van der Waals surface area contributed by atoms with Gasteiger partial charge in [-0.25, -0.2) is 8.42 Å². The predicted molar refractivity (Wildman–Crippen MR) is 88.2 cm³/mol. The second kappa shape index (κ2) is 7.72. The molecule has 0 unspecified atom stereocenters. The molecular formula is C15H20N4O5S. The van der Waals surface area contributed by atoms with Crippen molar-refractivity contribution in [2.75, 3.05) is 27.2 Å². The zero-order chi connectivity index (χ0) is 18.6. The van der Waals surface area contributed by atoms with Gasteiger partial charge in [-0.15, -0.1) is 0 Å². The zero-order valence-electron chi connectivity index (χ0n) is 14.2. The molecule has 0 atom stereocenters. The highest BCUT2D eigenvalue weighted by Gasteiger charge is 2.22. The zero-order valence-corrected chi connectivity index (χ0v) is 15.0. The Morgan fingerprint density at radius 3 is 2.64 bits per heavy atom. The molecule has 9 nitrogen and oxygen atoms in total. The van der Waals surface area contributed by atoms with Crippen molar-refractivity contribution >= 4 is 15.9 Å². The van der Waals surface area contributed by atoms with E-state index in [0.717, 1.165) is 4.31 Å². The minimum atomic E-state index is -3.78. The van der Waals surface area contributed by atoms with Crippen LogP contribution in [0.2, 0.25) is 0 Å². The average Bonchev–Trinajstić information content (AvgIpc) is 2.99. The molecule has 0 fully saturated rings. The highest BCUT2D eigenvalue weighted by molar-refractivity contribution is 7.89. The van der Waals surface area contributed by atoms with E-state index in [1.54, 1.807) is 14.0 Å². The number of amides is 1. The number of benzene rings is 1. The molecule has 1 heterocycles. The highest BCUT2D eigenvalue weighted by atomic mass is 32.2. The molecule has 0 bridgehead atoms. The van der Waals surface area contributed by atoms with Crippen LogP contribution >= 0.6 is 0 Å². The number of rotatable bonds is 7. The van der Waals surface area contributed by atoms with E-state index >= 15 is 0 Å².